The van der Waals surface area contributed by atoms with Gasteiger partial charge in [0, 0.05) is 18.1 Å². The van der Waals surface area contributed by atoms with E-state index in [9.17, 15) is 9.90 Å². The molecule has 0 spiro atoms. The van der Waals surface area contributed by atoms with E-state index in [0.717, 1.165) is 35.7 Å². The molecular formula is C15H16N2O2. The lowest BCUT2D eigenvalue weighted by atomic mass is 9.76. The highest BCUT2D eigenvalue weighted by Gasteiger charge is 2.43. The molecule has 0 radical (unpaired) electrons. The van der Waals surface area contributed by atoms with Crippen LogP contribution in [0.1, 0.15) is 24.8 Å². The summed E-state index contributed by atoms with van der Waals surface area (Å²) >= 11 is 0. The number of carboxylic acid groups (broad SMARTS) is 1. The number of benzene rings is 1. The highest BCUT2D eigenvalue weighted by atomic mass is 16.4. The van der Waals surface area contributed by atoms with Crippen LogP contribution >= 0.6 is 0 Å². The van der Waals surface area contributed by atoms with Gasteiger partial charge in [0.25, 0.3) is 0 Å². The standard InChI is InChI=1S/C15H16N2O2/c18-14(19)15(6-2-7-15)17-10-11-4-5-13-12(9-11)3-1-8-16-13/h1,3-5,8-9,17H,2,6-7,10H2,(H,18,19). The van der Waals surface area contributed by atoms with Gasteiger partial charge in [0.15, 0.2) is 0 Å². The maximum atomic E-state index is 11.3. The second-order valence-corrected chi connectivity index (χ2v) is 5.12. The summed E-state index contributed by atoms with van der Waals surface area (Å²) in [5, 5.41) is 13.5. The first-order valence-corrected chi connectivity index (χ1v) is 6.52. The summed E-state index contributed by atoms with van der Waals surface area (Å²) in [6.45, 7) is 0.580. The molecule has 1 aliphatic rings. The number of carboxylic acids is 1. The molecule has 1 aromatic heterocycles. The van der Waals surface area contributed by atoms with Gasteiger partial charge in [-0.1, -0.05) is 12.1 Å². The minimum atomic E-state index is -0.735. The number of fused-ring (bicyclic) bond motifs is 1. The zero-order valence-electron chi connectivity index (χ0n) is 10.6. The van der Waals surface area contributed by atoms with Gasteiger partial charge >= 0.3 is 5.97 Å². The first kappa shape index (κ1) is 12.1. The molecule has 1 heterocycles. The molecule has 0 saturated heterocycles. The lowest BCUT2D eigenvalue weighted by Gasteiger charge is -2.38. The summed E-state index contributed by atoms with van der Waals surface area (Å²) in [5.41, 5.74) is 1.35. The summed E-state index contributed by atoms with van der Waals surface area (Å²) in [4.78, 5) is 15.5. The first-order valence-electron chi connectivity index (χ1n) is 6.52. The van der Waals surface area contributed by atoms with Crippen LogP contribution in [0.15, 0.2) is 36.5 Å². The van der Waals surface area contributed by atoms with Crippen molar-refractivity contribution in [3.05, 3.63) is 42.1 Å². The molecule has 0 bridgehead atoms. The summed E-state index contributed by atoms with van der Waals surface area (Å²) in [5.74, 6) is -0.735. The Bertz CT molecular complexity index is 620. The molecule has 2 aromatic rings. The largest absolute Gasteiger partial charge is 0.480 e. The van der Waals surface area contributed by atoms with Crippen molar-refractivity contribution in [2.45, 2.75) is 31.3 Å². The van der Waals surface area contributed by atoms with E-state index in [0.29, 0.717) is 6.54 Å². The molecule has 1 fully saturated rings. The van der Waals surface area contributed by atoms with Crippen LogP contribution in [-0.4, -0.2) is 21.6 Å². The number of nitrogens with one attached hydrogen (secondary N) is 1. The van der Waals surface area contributed by atoms with Gasteiger partial charge in [-0.25, -0.2) is 0 Å². The molecular weight excluding hydrogens is 240 g/mol. The number of carbonyl (C=O) groups is 1. The summed E-state index contributed by atoms with van der Waals surface area (Å²) in [7, 11) is 0. The lowest BCUT2D eigenvalue weighted by Crippen LogP contribution is -2.56. The van der Waals surface area contributed by atoms with Crippen LogP contribution in [0.3, 0.4) is 0 Å². The Morgan fingerprint density at radius 3 is 2.89 bits per heavy atom. The van der Waals surface area contributed by atoms with E-state index in [2.05, 4.69) is 16.4 Å². The van der Waals surface area contributed by atoms with E-state index < -0.39 is 11.5 Å². The predicted molar refractivity (Wildman–Crippen MR) is 72.8 cm³/mol. The maximum Gasteiger partial charge on any atom is 0.323 e. The molecule has 1 aromatic carbocycles. The third-order valence-corrected chi connectivity index (χ3v) is 3.91. The molecule has 4 nitrogen and oxygen atoms in total. The average molecular weight is 256 g/mol. The number of aromatic nitrogens is 1. The third-order valence-electron chi connectivity index (χ3n) is 3.91. The molecule has 3 rings (SSSR count). The number of nitrogens with zero attached hydrogens (tertiary/aromatic N) is 1. The molecule has 0 unspecified atom stereocenters. The second-order valence-electron chi connectivity index (χ2n) is 5.12. The fraction of sp³-hybridized carbons (Fsp3) is 0.333. The smallest absolute Gasteiger partial charge is 0.323 e. The van der Waals surface area contributed by atoms with Gasteiger partial charge in [-0.2, -0.15) is 0 Å². The second kappa shape index (κ2) is 4.63. The maximum absolute atomic E-state index is 11.3. The Morgan fingerprint density at radius 2 is 2.21 bits per heavy atom. The number of pyridine rings is 1. The zero-order valence-corrected chi connectivity index (χ0v) is 10.6. The van der Waals surface area contributed by atoms with Crippen LogP contribution in [0.5, 0.6) is 0 Å². The molecule has 19 heavy (non-hydrogen) atoms. The normalized spacial score (nSPS) is 17.1. The highest BCUT2D eigenvalue weighted by molar-refractivity contribution is 5.80. The van der Waals surface area contributed by atoms with E-state index in [4.69, 9.17) is 0 Å². The molecule has 1 aliphatic carbocycles. The van der Waals surface area contributed by atoms with Crippen molar-refractivity contribution < 1.29 is 9.90 Å². The topological polar surface area (TPSA) is 62.2 Å². The van der Waals surface area contributed by atoms with Crippen molar-refractivity contribution in [3.8, 4) is 0 Å². The Kier molecular flexibility index (Phi) is 2.95. The van der Waals surface area contributed by atoms with Crippen molar-refractivity contribution in [1.82, 2.24) is 10.3 Å². The van der Waals surface area contributed by atoms with E-state index in [1.54, 1.807) is 6.20 Å². The molecule has 0 aliphatic heterocycles. The van der Waals surface area contributed by atoms with Gasteiger partial charge in [0.05, 0.1) is 5.52 Å². The van der Waals surface area contributed by atoms with Gasteiger partial charge in [0.2, 0.25) is 0 Å². The Balaban J connectivity index is 1.76. The molecule has 0 atom stereocenters. The highest BCUT2D eigenvalue weighted by Crippen LogP contribution is 2.32. The van der Waals surface area contributed by atoms with Crippen molar-refractivity contribution >= 4 is 16.9 Å². The molecule has 98 valence electrons. The van der Waals surface area contributed by atoms with Crippen LogP contribution in [0.4, 0.5) is 0 Å². The number of hydrogen-bond acceptors (Lipinski definition) is 3. The van der Waals surface area contributed by atoms with Crippen LogP contribution in [0, 0.1) is 0 Å². The third kappa shape index (κ3) is 2.19. The van der Waals surface area contributed by atoms with Gasteiger partial charge in [0.1, 0.15) is 5.54 Å². The molecule has 4 heteroatoms. The van der Waals surface area contributed by atoms with Crippen LogP contribution in [0.25, 0.3) is 10.9 Å². The lowest BCUT2D eigenvalue weighted by molar-refractivity contribution is -0.148. The predicted octanol–water partition coefficient (Wildman–Crippen LogP) is 2.33. The Hall–Kier alpha value is -1.94. The fourth-order valence-electron chi connectivity index (χ4n) is 2.50. The van der Waals surface area contributed by atoms with Crippen LogP contribution < -0.4 is 5.32 Å². The van der Waals surface area contributed by atoms with E-state index in [-0.39, 0.29) is 0 Å². The van der Waals surface area contributed by atoms with Gasteiger partial charge < -0.3 is 5.11 Å². The van der Waals surface area contributed by atoms with Crippen LogP contribution in [-0.2, 0) is 11.3 Å². The number of hydrogen-bond donors (Lipinski definition) is 2. The Labute approximate surface area is 111 Å². The van der Waals surface area contributed by atoms with E-state index >= 15 is 0 Å². The molecule has 2 N–H and O–H groups in total. The SMILES string of the molecule is O=C(O)C1(NCc2ccc3ncccc3c2)CCC1. The van der Waals surface area contributed by atoms with Crippen molar-refractivity contribution in [1.29, 1.82) is 0 Å². The number of rotatable bonds is 4. The average Bonchev–Trinajstić information content (AvgIpc) is 2.37. The van der Waals surface area contributed by atoms with E-state index in [1.807, 2.05) is 24.3 Å². The number of aliphatic carboxylic acids is 1. The molecule has 1 saturated carbocycles. The summed E-state index contributed by atoms with van der Waals surface area (Å²) in [6, 6.07) is 9.95. The zero-order chi connectivity index (χ0) is 13.3. The monoisotopic (exact) mass is 256 g/mol. The first-order chi connectivity index (χ1) is 9.20. The van der Waals surface area contributed by atoms with Gasteiger partial charge in [-0.15, -0.1) is 0 Å². The van der Waals surface area contributed by atoms with Crippen molar-refractivity contribution in [2.24, 2.45) is 0 Å². The van der Waals surface area contributed by atoms with Crippen molar-refractivity contribution in [2.75, 3.05) is 0 Å². The van der Waals surface area contributed by atoms with Crippen LogP contribution in [0.2, 0.25) is 0 Å². The quantitative estimate of drug-likeness (QED) is 0.881. The Morgan fingerprint density at radius 1 is 1.37 bits per heavy atom. The fourth-order valence-corrected chi connectivity index (χ4v) is 2.50. The van der Waals surface area contributed by atoms with Crippen molar-refractivity contribution in [3.63, 3.8) is 0 Å². The minimum Gasteiger partial charge on any atom is -0.480 e. The van der Waals surface area contributed by atoms with Gasteiger partial charge in [-0.3, -0.25) is 15.1 Å². The minimum absolute atomic E-state index is 0.580. The summed E-state index contributed by atoms with van der Waals surface area (Å²) < 4.78 is 0. The summed E-state index contributed by atoms with van der Waals surface area (Å²) in [6.07, 6.45) is 4.20. The molecule has 0 amide bonds. The van der Waals surface area contributed by atoms with Gasteiger partial charge in [-0.05, 0) is 43.0 Å². The van der Waals surface area contributed by atoms with E-state index in [1.165, 1.54) is 0 Å².